The third-order valence-corrected chi connectivity index (χ3v) is 6.30. The molecule has 1 aliphatic rings. The van der Waals surface area contributed by atoms with E-state index in [2.05, 4.69) is 30.3 Å². The minimum absolute atomic E-state index is 0.163. The Kier molecular flexibility index (Phi) is 6.21. The van der Waals surface area contributed by atoms with Crippen LogP contribution in [-0.2, 0) is 16.6 Å². The molecular formula is C24H32N2O2. The van der Waals surface area contributed by atoms with Gasteiger partial charge in [-0.15, -0.1) is 0 Å². The molecule has 1 aliphatic heterocycles. The highest BCUT2D eigenvalue weighted by molar-refractivity contribution is 5.87. The second-order valence-corrected chi connectivity index (χ2v) is 8.41. The highest BCUT2D eigenvalue weighted by atomic mass is 16.5. The van der Waals surface area contributed by atoms with E-state index in [-0.39, 0.29) is 11.8 Å². The van der Waals surface area contributed by atoms with Crippen molar-refractivity contribution in [3.8, 4) is 5.75 Å². The summed E-state index contributed by atoms with van der Waals surface area (Å²) in [6.07, 6.45) is 3.08. The summed E-state index contributed by atoms with van der Waals surface area (Å²) in [4.78, 5) is 12.1. The first-order valence-electron chi connectivity index (χ1n) is 10.1. The standard InChI is InChI=1S/C24H32N2O2/c1-17(27)24(2,3)21-12-13-22(28-4)20(16-21)15-19-11-8-14-26(25)23(19)18-9-6-5-7-10-18/h5-7,9-10,12-13,16,19,23H,8,11,14-15,25H2,1-4H3/t19-,23+/m0/s1. The van der Waals surface area contributed by atoms with Crippen LogP contribution in [-0.4, -0.2) is 24.4 Å². The summed E-state index contributed by atoms with van der Waals surface area (Å²) in [7, 11) is 1.71. The topological polar surface area (TPSA) is 55.6 Å². The average Bonchev–Trinajstić information content (AvgIpc) is 2.68. The number of nitrogens with zero attached hydrogens (tertiary/aromatic N) is 1. The highest BCUT2D eigenvalue weighted by Gasteiger charge is 2.33. The van der Waals surface area contributed by atoms with Crippen molar-refractivity contribution in [3.63, 3.8) is 0 Å². The van der Waals surface area contributed by atoms with Crippen LogP contribution in [0.25, 0.3) is 0 Å². The van der Waals surface area contributed by atoms with Gasteiger partial charge in [-0.1, -0.05) is 42.5 Å². The number of rotatable bonds is 6. The number of carbonyl (C=O) groups is 1. The summed E-state index contributed by atoms with van der Waals surface area (Å²) in [5, 5.41) is 1.99. The maximum atomic E-state index is 12.1. The molecular weight excluding hydrogens is 348 g/mol. The van der Waals surface area contributed by atoms with Crippen LogP contribution in [0.5, 0.6) is 5.75 Å². The van der Waals surface area contributed by atoms with E-state index in [9.17, 15) is 4.79 Å². The van der Waals surface area contributed by atoms with Gasteiger partial charge in [0.1, 0.15) is 11.5 Å². The van der Waals surface area contributed by atoms with Crippen molar-refractivity contribution in [3.05, 3.63) is 65.2 Å². The molecule has 0 amide bonds. The second-order valence-electron chi connectivity index (χ2n) is 8.41. The molecule has 2 aromatic carbocycles. The molecule has 2 N–H and O–H groups in total. The van der Waals surface area contributed by atoms with Gasteiger partial charge in [0.15, 0.2) is 0 Å². The Morgan fingerprint density at radius 3 is 2.57 bits per heavy atom. The molecule has 4 heteroatoms. The molecule has 0 unspecified atom stereocenters. The number of hydrogen-bond donors (Lipinski definition) is 1. The van der Waals surface area contributed by atoms with E-state index < -0.39 is 5.41 Å². The molecule has 150 valence electrons. The van der Waals surface area contributed by atoms with Gasteiger partial charge in [0.05, 0.1) is 13.2 Å². The van der Waals surface area contributed by atoms with Gasteiger partial charge >= 0.3 is 0 Å². The van der Waals surface area contributed by atoms with Crippen molar-refractivity contribution in [2.45, 2.75) is 51.5 Å². The number of ether oxygens (including phenoxy) is 1. The van der Waals surface area contributed by atoms with Crippen LogP contribution < -0.4 is 10.6 Å². The largest absolute Gasteiger partial charge is 0.496 e. The third kappa shape index (κ3) is 4.13. The smallest absolute Gasteiger partial charge is 0.139 e. The number of Topliss-reactive ketones (excluding diaryl/α,β-unsaturated/α-hetero) is 1. The number of piperidine rings is 1. The molecule has 28 heavy (non-hydrogen) atoms. The lowest BCUT2D eigenvalue weighted by molar-refractivity contribution is -0.121. The molecule has 0 bridgehead atoms. The van der Waals surface area contributed by atoms with E-state index in [1.165, 1.54) is 5.56 Å². The Morgan fingerprint density at radius 1 is 1.21 bits per heavy atom. The van der Waals surface area contributed by atoms with E-state index in [1.807, 2.05) is 37.1 Å². The molecule has 3 rings (SSSR count). The normalized spacial score (nSPS) is 20.8. The van der Waals surface area contributed by atoms with Gasteiger partial charge in [0.2, 0.25) is 0 Å². The third-order valence-electron chi connectivity index (χ3n) is 6.30. The molecule has 0 spiro atoms. The number of benzene rings is 2. The number of methoxy groups -OCH3 is 1. The maximum absolute atomic E-state index is 12.1. The molecule has 0 aliphatic carbocycles. The van der Waals surface area contributed by atoms with Crippen molar-refractivity contribution in [2.24, 2.45) is 11.8 Å². The van der Waals surface area contributed by atoms with Crippen LogP contribution in [0.4, 0.5) is 0 Å². The van der Waals surface area contributed by atoms with E-state index in [0.29, 0.717) is 5.92 Å². The average molecular weight is 381 g/mol. The molecule has 2 aromatic rings. The Bertz CT molecular complexity index is 817. The predicted octanol–water partition coefficient (Wildman–Crippen LogP) is 4.43. The molecule has 1 saturated heterocycles. The van der Waals surface area contributed by atoms with Crippen molar-refractivity contribution in [1.82, 2.24) is 5.01 Å². The van der Waals surface area contributed by atoms with Gasteiger partial charge < -0.3 is 4.74 Å². The summed E-state index contributed by atoms with van der Waals surface area (Å²) < 4.78 is 5.65. The Morgan fingerprint density at radius 2 is 1.93 bits per heavy atom. The highest BCUT2D eigenvalue weighted by Crippen LogP contribution is 2.39. The monoisotopic (exact) mass is 380 g/mol. The van der Waals surface area contributed by atoms with Gasteiger partial charge in [-0.25, -0.2) is 5.01 Å². The molecule has 1 heterocycles. The summed E-state index contributed by atoms with van der Waals surface area (Å²) >= 11 is 0. The number of hydrazine groups is 1. The number of ketones is 1. The molecule has 4 nitrogen and oxygen atoms in total. The molecule has 0 aromatic heterocycles. The van der Waals surface area contributed by atoms with Crippen LogP contribution in [0.15, 0.2) is 48.5 Å². The predicted molar refractivity (Wildman–Crippen MR) is 113 cm³/mol. The summed E-state index contributed by atoms with van der Waals surface area (Å²) in [5.41, 5.74) is 2.93. The first-order chi connectivity index (χ1) is 13.3. The van der Waals surface area contributed by atoms with Gasteiger partial charge in [0.25, 0.3) is 0 Å². The van der Waals surface area contributed by atoms with Crippen molar-refractivity contribution in [2.75, 3.05) is 13.7 Å². The van der Waals surface area contributed by atoms with Crippen molar-refractivity contribution < 1.29 is 9.53 Å². The SMILES string of the molecule is COc1ccc(C(C)(C)C(C)=O)cc1C[C@@H]1CCCN(N)[C@@H]1c1ccccc1. The number of hydrogen-bond acceptors (Lipinski definition) is 4. The molecule has 0 saturated carbocycles. The molecule has 0 radical (unpaired) electrons. The van der Waals surface area contributed by atoms with Gasteiger partial charge in [-0.3, -0.25) is 10.6 Å². The number of carbonyl (C=O) groups excluding carboxylic acids is 1. The minimum Gasteiger partial charge on any atom is -0.496 e. The van der Waals surface area contributed by atoms with Crippen LogP contribution in [0, 0.1) is 5.92 Å². The lowest BCUT2D eigenvalue weighted by Gasteiger charge is -2.39. The fourth-order valence-electron chi connectivity index (χ4n) is 4.24. The summed E-state index contributed by atoms with van der Waals surface area (Å²) in [6, 6.07) is 16.9. The van der Waals surface area contributed by atoms with Crippen LogP contribution in [0.2, 0.25) is 0 Å². The fourth-order valence-corrected chi connectivity index (χ4v) is 4.24. The zero-order valence-electron chi connectivity index (χ0n) is 17.4. The lowest BCUT2D eigenvalue weighted by atomic mass is 9.78. The van der Waals surface area contributed by atoms with Crippen molar-refractivity contribution in [1.29, 1.82) is 0 Å². The van der Waals surface area contributed by atoms with Crippen LogP contribution in [0.1, 0.15) is 56.3 Å². The fraction of sp³-hybridized carbons (Fsp3) is 0.458. The van der Waals surface area contributed by atoms with E-state index in [1.54, 1.807) is 14.0 Å². The Hall–Kier alpha value is -2.17. The zero-order valence-corrected chi connectivity index (χ0v) is 17.4. The lowest BCUT2D eigenvalue weighted by Crippen LogP contribution is -2.44. The van der Waals surface area contributed by atoms with E-state index >= 15 is 0 Å². The van der Waals surface area contributed by atoms with E-state index in [4.69, 9.17) is 10.6 Å². The quantitative estimate of drug-likeness (QED) is 0.753. The van der Waals surface area contributed by atoms with Crippen LogP contribution in [0.3, 0.4) is 0 Å². The van der Waals surface area contributed by atoms with Crippen LogP contribution >= 0.6 is 0 Å². The van der Waals surface area contributed by atoms with E-state index in [0.717, 1.165) is 42.7 Å². The van der Waals surface area contributed by atoms with Gasteiger partial charge in [-0.05, 0) is 68.7 Å². The first kappa shape index (κ1) is 20.6. The molecule has 1 fully saturated rings. The van der Waals surface area contributed by atoms with Crippen molar-refractivity contribution >= 4 is 5.78 Å². The molecule has 2 atom stereocenters. The summed E-state index contributed by atoms with van der Waals surface area (Å²) in [6.45, 7) is 6.53. The zero-order chi connectivity index (χ0) is 20.3. The maximum Gasteiger partial charge on any atom is 0.139 e. The first-order valence-corrected chi connectivity index (χ1v) is 10.1. The minimum atomic E-state index is -0.508. The summed E-state index contributed by atoms with van der Waals surface area (Å²) in [5.74, 6) is 7.86. The number of nitrogens with two attached hydrogens (primary N) is 1. The second kappa shape index (κ2) is 8.46. The Balaban J connectivity index is 1.95. The Labute approximate surface area is 168 Å². The van der Waals surface area contributed by atoms with Gasteiger partial charge in [0, 0.05) is 12.0 Å². The van der Waals surface area contributed by atoms with Gasteiger partial charge in [-0.2, -0.15) is 0 Å².